The van der Waals surface area contributed by atoms with E-state index in [1.54, 1.807) is 0 Å². The van der Waals surface area contributed by atoms with Crippen LogP contribution in [0, 0.1) is 11.8 Å². The first kappa shape index (κ1) is 29.3. The van der Waals surface area contributed by atoms with Gasteiger partial charge in [0.25, 0.3) is 0 Å². The molecule has 0 spiro atoms. The Balaban J connectivity index is 1.30. The molecule has 0 bridgehead atoms. The molecule has 14 nitrogen and oxygen atoms in total. The molecule has 1 aliphatic carbocycles. The van der Waals surface area contributed by atoms with E-state index in [2.05, 4.69) is 19.9 Å². The maximum absolute atomic E-state index is 12.0. The summed E-state index contributed by atoms with van der Waals surface area (Å²) in [4.78, 5) is 43.0. The highest BCUT2D eigenvalue weighted by Gasteiger charge is 2.46. The predicted molar refractivity (Wildman–Crippen MR) is 140 cm³/mol. The smallest absolute Gasteiger partial charge is 0.340 e. The zero-order chi connectivity index (χ0) is 27.9. The molecule has 5 N–H and O–H groups in total. The highest BCUT2D eigenvalue weighted by atomic mass is 35.5. The van der Waals surface area contributed by atoms with Crippen LogP contribution in [0.4, 0.5) is 5.82 Å². The molecule has 3 fully saturated rings. The number of rotatable bonds is 8. The highest BCUT2D eigenvalue weighted by Crippen LogP contribution is 2.55. The van der Waals surface area contributed by atoms with Gasteiger partial charge < -0.3 is 39.1 Å². The van der Waals surface area contributed by atoms with Gasteiger partial charge in [-0.05, 0) is 36.3 Å². The van der Waals surface area contributed by atoms with E-state index in [0.717, 1.165) is 31.8 Å². The molecule has 1 saturated carbocycles. The van der Waals surface area contributed by atoms with Crippen molar-refractivity contribution in [3.8, 4) is 0 Å². The molecule has 218 valence electrons. The lowest BCUT2D eigenvalue weighted by molar-refractivity contribution is -0.0483. The first-order valence-electron chi connectivity index (χ1n) is 13.1. The van der Waals surface area contributed by atoms with Crippen molar-refractivity contribution >= 4 is 43.8 Å². The van der Waals surface area contributed by atoms with E-state index in [9.17, 15) is 24.2 Å². The van der Waals surface area contributed by atoms with Crippen molar-refractivity contribution in [3.63, 3.8) is 0 Å². The highest BCUT2D eigenvalue weighted by molar-refractivity contribution is 7.70. The van der Waals surface area contributed by atoms with Gasteiger partial charge in [-0.2, -0.15) is 9.97 Å². The second-order valence-electron chi connectivity index (χ2n) is 10.6. The average Bonchev–Trinajstić information content (AvgIpc) is 3.42. The van der Waals surface area contributed by atoms with E-state index in [4.69, 9.17) is 30.6 Å². The van der Waals surface area contributed by atoms with Crippen LogP contribution in [0.3, 0.4) is 0 Å². The molecule has 2 saturated heterocycles. The molecule has 5 rings (SSSR count). The fourth-order valence-corrected chi connectivity index (χ4v) is 8.76. The van der Waals surface area contributed by atoms with Crippen LogP contribution >= 0.6 is 26.8 Å². The first-order valence-corrected chi connectivity index (χ1v) is 17.0. The van der Waals surface area contributed by atoms with Gasteiger partial charge in [0.1, 0.15) is 18.3 Å². The topological polar surface area (TPSA) is 201 Å². The van der Waals surface area contributed by atoms with Crippen LogP contribution in [-0.4, -0.2) is 88.3 Å². The van der Waals surface area contributed by atoms with Crippen molar-refractivity contribution in [3.05, 3.63) is 11.6 Å². The lowest BCUT2D eigenvalue weighted by Gasteiger charge is -2.38. The number of fused-ring (bicyclic) bond motifs is 1. The van der Waals surface area contributed by atoms with Gasteiger partial charge in [0.2, 0.25) is 5.28 Å². The van der Waals surface area contributed by atoms with Crippen LogP contribution in [0.25, 0.3) is 11.2 Å². The van der Waals surface area contributed by atoms with Gasteiger partial charge >= 0.3 is 15.2 Å². The zero-order valence-electron chi connectivity index (χ0n) is 21.2. The molecular weight excluding hydrogens is 576 g/mol. The van der Waals surface area contributed by atoms with Gasteiger partial charge in [0.15, 0.2) is 29.1 Å². The van der Waals surface area contributed by atoms with Gasteiger partial charge in [-0.1, -0.05) is 32.1 Å². The summed E-state index contributed by atoms with van der Waals surface area (Å²) in [6.45, 7) is 0.937. The number of anilines is 1. The Labute approximate surface area is 230 Å². The summed E-state index contributed by atoms with van der Waals surface area (Å²) >= 11 is 6.29. The lowest BCUT2D eigenvalue weighted by Crippen LogP contribution is -2.37. The minimum atomic E-state index is -4.82. The standard InChI is InChI=1S/C22H34ClN5O9P2/c23-22-25-19(27-8-6-14(7-9-27)13-4-2-1-3-5-13)16-20(26-22)28(11-24-16)21-18(30)17(29)15(37-21)10-36-39(34,35)12-38(31,32)33/h11,13-15,17-18,21,29-30H,1-10,12H2,(H,34,35)(H2,31,32,33). The number of imidazole rings is 1. The van der Waals surface area contributed by atoms with Crippen LogP contribution in [-0.2, 0) is 18.4 Å². The predicted octanol–water partition coefficient (Wildman–Crippen LogP) is 2.23. The SMILES string of the molecule is O=P(O)(O)CP(=O)(O)OCC1OC(n2cnc3c(N4CCC(C5CCCCC5)CC4)nc(Cl)nc32)C(O)C1O. The maximum Gasteiger partial charge on any atom is 0.340 e. The fraction of sp³-hybridized carbons (Fsp3) is 0.773. The van der Waals surface area contributed by atoms with Crippen molar-refractivity contribution in [1.29, 1.82) is 0 Å². The molecule has 5 atom stereocenters. The number of nitrogens with zero attached hydrogens (tertiary/aromatic N) is 5. The lowest BCUT2D eigenvalue weighted by atomic mass is 9.76. The third-order valence-corrected chi connectivity index (χ3v) is 11.6. The molecule has 0 amide bonds. The minimum absolute atomic E-state index is 0.0137. The summed E-state index contributed by atoms with van der Waals surface area (Å²) in [6.07, 6.45) is 4.61. The molecule has 3 aliphatic rings. The number of piperidine rings is 1. The number of halogens is 1. The zero-order valence-corrected chi connectivity index (χ0v) is 23.7. The average molecular weight is 610 g/mol. The molecule has 0 aromatic carbocycles. The van der Waals surface area contributed by atoms with E-state index >= 15 is 0 Å². The molecule has 2 aromatic rings. The summed E-state index contributed by atoms with van der Waals surface area (Å²) in [5.74, 6) is 0.690. The Morgan fingerprint density at radius 1 is 1.00 bits per heavy atom. The largest absolute Gasteiger partial charge is 0.387 e. The van der Waals surface area contributed by atoms with Crippen molar-refractivity contribution < 1.29 is 43.3 Å². The summed E-state index contributed by atoms with van der Waals surface area (Å²) in [5.41, 5.74) is 0.744. The van der Waals surface area contributed by atoms with E-state index in [0.29, 0.717) is 17.3 Å². The van der Waals surface area contributed by atoms with Crippen LogP contribution in [0.2, 0.25) is 5.28 Å². The minimum Gasteiger partial charge on any atom is -0.387 e. The monoisotopic (exact) mass is 609 g/mol. The van der Waals surface area contributed by atoms with Gasteiger partial charge in [-0.25, -0.2) is 4.98 Å². The second kappa shape index (κ2) is 11.6. The third-order valence-electron chi connectivity index (χ3n) is 7.95. The fourth-order valence-electron chi connectivity index (χ4n) is 6.03. The quantitative estimate of drug-likeness (QED) is 0.216. The summed E-state index contributed by atoms with van der Waals surface area (Å²) in [6, 6.07) is 0. The van der Waals surface area contributed by atoms with Gasteiger partial charge in [0, 0.05) is 13.1 Å². The van der Waals surface area contributed by atoms with Crippen LogP contribution in [0.1, 0.15) is 51.2 Å². The van der Waals surface area contributed by atoms with Gasteiger partial charge in [-0.15, -0.1) is 0 Å². The maximum atomic E-state index is 12.0. The second-order valence-corrected chi connectivity index (χ2v) is 15.0. The molecule has 2 aliphatic heterocycles. The molecule has 39 heavy (non-hydrogen) atoms. The van der Waals surface area contributed by atoms with Crippen molar-refractivity contribution in [2.75, 3.05) is 30.5 Å². The van der Waals surface area contributed by atoms with Crippen LogP contribution < -0.4 is 4.90 Å². The first-order chi connectivity index (χ1) is 18.4. The number of ether oxygens (including phenoxy) is 1. The van der Waals surface area contributed by atoms with E-state index in [-0.39, 0.29) is 10.9 Å². The molecule has 5 unspecified atom stereocenters. The number of aliphatic hydroxyl groups excluding tert-OH is 2. The molecular formula is C22H34ClN5O9P2. The van der Waals surface area contributed by atoms with Crippen molar-refractivity contribution in [1.82, 2.24) is 19.5 Å². The summed E-state index contributed by atoms with van der Waals surface area (Å²) in [5, 5.41) is 21.2. The van der Waals surface area contributed by atoms with E-state index in [1.165, 1.54) is 43.0 Å². The molecule has 4 heterocycles. The molecule has 2 aromatic heterocycles. The van der Waals surface area contributed by atoms with Crippen LogP contribution in [0.15, 0.2) is 6.33 Å². The Kier molecular flexibility index (Phi) is 8.72. The van der Waals surface area contributed by atoms with Gasteiger partial charge in [0.05, 0.1) is 12.9 Å². The van der Waals surface area contributed by atoms with E-state index in [1.807, 2.05) is 0 Å². The van der Waals surface area contributed by atoms with E-state index < -0.39 is 52.2 Å². The number of aliphatic hydroxyl groups is 2. The number of hydrogen-bond donors (Lipinski definition) is 5. The Hall–Kier alpha value is -1.18. The van der Waals surface area contributed by atoms with Crippen molar-refractivity contribution in [2.24, 2.45) is 11.8 Å². The van der Waals surface area contributed by atoms with Crippen LogP contribution in [0.5, 0.6) is 0 Å². The number of hydrogen-bond acceptors (Lipinski definition) is 10. The normalized spacial score (nSPS) is 29.2. The third kappa shape index (κ3) is 6.67. The molecule has 0 radical (unpaired) electrons. The Morgan fingerprint density at radius 2 is 1.67 bits per heavy atom. The molecule has 17 heteroatoms. The number of aromatic nitrogens is 4. The summed E-state index contributed by atoms with van der Waals surface area (Å²) < 4.78 is 35.0. The van der Waals surface area contributed by atoms with Gasteiger partial charge in [-0.3, -0.25) is 13.7 Å². The Morgan fingerprint density at radius 3 is 2.33 bits per heavy atom. The van der Waals surface area contributed by atoms with Crippen molar-refractivity contribution in [2.45, 2.75) is 69.5 Å². The Bertz CT molecular complexity index is 1260. The summed E-state index contributed by atoms with van der Waals surface area (Å²) in [7, 11) is -9.49.